The van der Waals surface area contributed by atoms with Crippen LogP contribution in [0.15, 0.2) is 24.8 Å². The Kier molecular flexibility index (Phi) is 2.62. The molecule has 16 heavy (non-hydrogen) atoms. The molecule has 6 heteroatoms. The van der Waals surface area contributed by atoms with Crippen molar-refractivity contribution in [3.8, 4) is 11.9 Å². The topological polar surface area (TPSA) is 93.4 Å². The molecule has 0 bridgehead atoms. The van der Waals surface area contributed by atoms with Gasteiger partial charge in [0.2, 0.25) is 0 Å². The van der Waals surface area contributed by atoms with Crippen molar-refractivity contribution in [3.63, 3.8) is 0 Å². The van der Waals surface area contributed by atoms with E-state index in [1.54, 1.807) is 18.6 Å². The zero-order chi connectivity index (χ0) is 11.5. The van der Waals surface area contributed by atoms with Crippen LogP contribution in [0.5, 0.6) is 0 Å². The second-order valence-electron chi connectivity index (χ2n) is 3.34. The summed E-state index contributed by atoms with van der Waals surface area (Å²) in [5.41, 5.74) is 6.90. The van der Waals surface area contributed by atoms with Crippen LogP contribution in [0.1, 0.15) is 24.2 Å². The van der Waals surface area contributed by atoms with Crippen molar-refractivity contribution < 1.29 is 0 Å². The Morgan fingerprint density at radius 3 is 2.81 bits per heavy atom. The first kappa shape index (κ1) is 10.3. The van der Waals surface area contributed by atoms with E-state index in [0.29, 0.717) is 17.1 Å². The maximum absolute atomic E-state index is 8.71. The molecule has 0 saturated carbocycles. The average Bonchev–Trinajstić information content (AvgIpc) is 2.77. The summed E-state index contributed by atoms with van der Waals surface area (Å²) in [4.78, 5) is 8.32. The van der Waals surface area contributed by atoms with E-state index in [9.17, 15) is 0 Å². The van der Waals surface area contributed by atoms with Gasteiger partial charge < -0.3 is 5.73 Å². The largest absolute Gasteiger partial charge is 0.323 e. The highest BCUT2D eigenvalue weighted by Crippen LogP contribution is 2.14. The Morgan fingerprint density at radius 2 is 2.19 bits per heavy atom. The Labute approximate surface area is 92.4 Å². The first-order valence-corrected chi connectivity index (χ1v) is 4.74. The van der Waals surface area contributed by atoms with Crippen LogP contribution in [0.25, 0.3) is 5.82 Å². The van der Waals surface area contributed by atoms with Gasteiger partial charge in [0.25, 0.3) is 0 Å². The van der Waals surface area contributed by atoms with Crippen molar-refractivity contribution in [2.45, 2.75) is 13.0 Å². The second-order valence-corrected chi connectivity index (χ2v) is 3.34. The van der Waals surface area contributed by atoms with Crippen LogP contribution in [0.4, 0.5) is 0 Å². The van der Waals surface area contributed by atoms with Crippen molar-refractivity contribution in [3.05, 3.63) is 36.0 Å². The van der Waals surface area contributed by atoms with Gasteiger partial charge in [-0.15, -0.1) is 0 Å². The maximum atomic E-state index is 8.71. The lowest BCUT2D eigenvalue weighted by molar-refractivity contribution is 0.729. The monoisotopic (exact) mass is 214 g/mol. The molecular formula is C10H10N6. The molecule has 2 N–H and O–H groups in total. The fraction of sp³-hybridized carbons (Fsp3) is 0.200. The van der Waals surface area contributed by atoms with Crippen LogP contribution in [0.2, 0.25) is 0 Å². The van der Waals surface area contributed by atoms with Crippen LogP contribution in [0, 0.1) is 11.3 Å². The summed E-state index contributed by atoms with van der Waals surface area (Å²) in [5.74, 6) is 0.555. The van der Waals surface area contributed by atoms with Crippen molar-refractivity contribution in [1.82, 2.24) is 19.7 Å². The third kappa shape index (κ3) is 1.76. The third-order valence-electron chi connectivity index (χ3n) is 2.07. The van der Waals surface area contributed by atoms with Gasteiger partial charge in [0.15, 0.2) is 5.82 Å². The minimum atomic E-state index is -0.238. The summed E-state index contributed by atoms with van der Waals surface area (Å²) in [7, 11) is 0. The SMILES string of the molecule is CC(N)c1nccnc1-n1cc(C#N)cn1. The quantitative estimate of drug-likeness (QED) is 0.788. The summed E-state index contributed by atoms with van der Waals surface area (Å²) >= 11 is 0. The number of hydrogen-bond donors (Lipinski definition) is 1. The van der Waals surface area contributed by atoms with Gasteiger partial charge in [0, 0.05) is 18.4 Å². The van der Waals surface area contributed by atoms with Crippen molar-refractivity contribution in [2.24, 2.45) is 5.73 Å². The highest BCUT2D eigenvalue weighted by atomic mass is 15.3. The summed E-state index contributed by atoms with van der Waals surface area (Å²) in [6.45, 7) is 1.82. The van der Waals surface area contributed by atoms with Crippen molar-refractivity contribution in [2.75, 3.05) is 0 Å². The van der Waals surface area contributed by atoms with E-state index in [2.05, 4.69) is 15.1 Å². The summed E-state index contributed by atoms with van der Waals surface area (Å²) in [6, 6.07) is 1.77. The van der Waals surface area contributed by atoms with Gasteiger partial charge in [-0.05, 0) is 6.92 Å². The van der Waals surface area contributed by atoms with Gasteiger partial charge >= 0.3 is 0 Å². The molecule has 2 aromatic heterocycles. The van der Waals surface area contributed by atoms with E-state index in [1.807, 2.05) is 13.0 Å². The molecule has 2 aromatic rings. The van der Waals surface area contributed by atoms with Crippen LogP contribution in [-0.2, 0) is 0 Å². The van der Waals surface area contributed by atoms with E-state index in [-0.39, 0.29) is 6.04 Å². The lowest BCUT2D eigenvalue weighted by Crippen LogP contribution is -2.13. The standard InChI is InChI=1S/C10H10N6/c1-7(12)9-10(14-3-2-13-9)16-6-8(4-11)5-15-16/h2-3,5-7H,12H2,1H3. The molecule has 2 rings (SSSR count). The number of hydrogen-bond acceptors (Lipinski definition) is 5. The number of aromatic nitrogens is 4. The van der Waals surface area contributed by atoms with E-state index >= 15 is 0 Å². The Bertz CT molecular complexity index is 536. The molecule has 0 aliphatic heterocycles. The highest BCUT2D eigenvalue weighted by Gasteiger charge is 2.12. The predicted molar refractivity (Wildman–Crippen MR) is 56.5 cm³/mol. The smallest absolute Gasteiger partial charge is 0.176 e. The minimum Gasteiger partial charge on any atom is -0.323 e. The van der Waals surface area contributed by atoms with E-state index < -0.39 is 0 Å². The summed E-state index contributed by atoms with van der Waals surface area (Å²) in [6.07, 6.45) is 6.21. The zero-order valence-electron chi connectivity index (χ0n) is 8.70. The first-order chi connectivity index (χ1) is 7.72. The fourth-order valence-electron chi connectivity index (χ4n) is 1.34. The number of nitriles is 1. The van der Waals surface area contributed by atoms with Gasteiger partial charge in [-0.3, -0.25) is 4.98 Å². The van der Waals surface area contributed by atoms with Gasteiger partial charge in [0.1, 0.15) is 11.8 Å². The third-order valence-corrected chi connectivity index (χ3v) is 2.07. The van der Waals surface area contributed by atoms with Crippen LogP contribution < -0.4 is 5.73 Å². The molecule has 0 aliphatic carbocycles. The van der Waals surface area contributed by atoms with Crippen molar-refractivity contribution >= 4 is 0 Å². The molecule has 0 saturated heterocycles. The molecular weight excluding hydrogens is 204 g/mol. The zero-order valence-corrected chi connectivity index (χ0v) is 8.70. The molecule has 0 spiro atoms. The number of nitrogens with zero attached hydrogens (tertiary/aromatic N) is 5. The summed E-state index contributed by atoms with van der Waals surface area (Å²) < 4.78 is 1.50. The second kappa shape index (κ2) is 4.08. The molecule has 0 fully saturated rings. The lowest BCUT2D eigenvalue weighted by Gasteiger charge is -2.09. The Morgan fingerprint density at radius 1 is 1.44 bits per heavy atom. The highest BCUT2D eigenvalue weighted by molar-refractivity contribution is 5.32. The van der Waals surface area contributed by atoms with E-state index in [1.165, 1.54) is 10.9 Å². The number of rotatable bonds is 2. The lowest BCUT2D eigenvalue weighted by atomic mass is 10.2. The normalized spacial score (nSPS) is 12.1. The molecule has 0 aromatic carbocycles. The molecule has 1 unspecified atom stereocenters. The predicted octanol–water partition coefficient (Wildman–Crippen LogP) is 0.554. The molecule has 6 nitrogen and oxygen atoms in total. The molecule has 2 heterocycles. The van der Waals surface area contributed by atoms with Gasteiger partial charge in [-0.2, -0.15) is 10.4 Å². The van der Waals surface area contributed by atoms with Crippen LogP contribution in [0.3, 0.4) is 0 Å². The maximum Gasteiger partial charge on any atom is 0.176 e. The molecule has 0 aliphatic rings. The van der Waals surface area contributed by atoms with E-state index in [4.69, 9.17) is 11.0 Å². The molecule has 0 amide bonds. The average molecular weight is 214 g/mol. The van der Waals surface area contributed by atoms with Crippen LogP contribution >= 0.6 is 0 Å². The fourth-order valence-corrected chi connectivity index (χ4v) is 1.34. The van der Waals surface area contributed by atoms with Crippen molar-refractivity contribution in [1.29, 1.82) is 5.26 Å². The molecule has 1 atom stereocenters. The van der Waals surface area contributed by atoms with E-state index in [0.717, 1.165) is 0 Å². The number of nitrogens with two attached hydrogens (primary N) is 1. The molecule has 80 valence electrons. The molecule has 0 radical (unpaired) electrons. The van der Waals surface area contributed by atoms with Gasteiger partial charge in [0.05, 0.1) is 18.0 Å². The Balaban J connectivity index is 2.52. The minimum absolute atomic E-state index is 0.238. The Hall–Kier alpha value is -2.26. The van der Waals surface area contributed by atoms with Gasteiger partial charge in [-0.1, -0.05) is 0 Å². The summed E-state index contributed by atoms with van der Waals surface area (Å²) in [5, 5.41) is 12.7. The first-order valence-electron chi connectivity index (χ1n) is 4.74. The van der Waals surface area contributed by atoms with Crippen LogP contribution in [-0.4, -0.2) is 19.7 Å². The van der Waals surface area contributed by atoms with Gasteiger partial charge in [-0.25, -0.2) is 9.67 Å².